The summed E-state index contributed by atoms with van der Waals surface area (Å²) in [4.78, 5) is 49.7. The normalized spacial score (nSPS) is 22.6. The fourth-order valence-corrected chi connectivity index (χ4v) is 5.17. The maximum atomic E-state index is 12.9. The van der Waals surface area contributed by atoms with Gasteiger partial charge in [0.25, 0.3) is 5.56 Å². The first-order valence-corrected chi connectivity index (χ1v) is 13.9. The second-order valence-corrected chi connectivity index (χ2v) is 10.2. The van der Waals surface area contributed by atoms with Crippen LogP contribution < -0.4 is 31.7 Å². The number of carbonyl (C=O) groups excluding carboxylic acids is 1. The molecule has 1 aromatic carbocycles. The molecule has 6 N–H and O–H groups in total. The number of hydrogen-bond acceptors (Lipinski definition) is 10. The fraction of sp³-hybridized carbons (Fsp3) is 0.476. The van der Waals surface area contributed by atoms with Crippen molar-refractivity contribution in [2.24, 2.45) is 5.73 Å². The number of alkyl halides is 2. The van der Waals surface area contributed by atoms with Crippen LogP contribution in [-0.4, -0.2) is 81.7 Å². The number of amides is 1. The van der Waals surface area contributed by atoms with Crippen molar-refractivity contribution >= 4 is 42.6 Å². The average molecular weight is 596 g/mol. The van der Waals surface area contributed by atoms with Crippen molar-refractivity contribution in [2.75, 3.05) is 42.8 Å². The molecule has 17 heteroatoms. The number of nitrogens with zero attached hydrogens (tertiary/aromatic N) is 2. The minimum atomic E-state index is -4.87. The molecule has 1 unspecified atom stereocenters. The van der Waals surface area contributed by atoms with E-state index in [0.717, 1.165) is 22.5 Å². The van der Waals surface area contributed by atoms with E-state index in [-0.39, 0.29) is 18.8 Å². The number of rotatable bonds is 13. The van der Waals surface area contributed by atoms with E-state index in [1.54, 1.807) is 12.1 Å². The number of hydrogen-bond donors (Lipinski definition) is 5. The molecule has 1 aliphatic heterocycles. The number of H-pyrrole nitrogens is 1. The molecule has 210 valence electrons. The molecule has 2 heterocycles. The topological polar surface area (TPSA) is 198 Å². The Balaban J connectivity index is 1.78. The van der Waals surface area contributed by atoms with Crippen LogP contribution in [0.5, 0.6) is 5.75 Å². The van der Waals surface area contributed by atoms with Crippen molar-refractivity contribution in [3.8, 4) is 5.75 Å². The number of aliphatic hydroxyl groups excluding tert-OH is 1. The maximum Gasteiger partial charge on any atom is 0.527 e. The van der Waals surface area contributed by atoms with E-state index >= 15 is 0 Å². The van der Waals surface area contributed by atoms with Crippen molar-refractivity contribution in [1.82, 2.24) is 14.9 Å². The quantitative estimate of drug-likeness (QED) is 0.151. The number of ether oxygens (including phenoxy) is 1. The van der Waals surface area contributed by atoms with Crippen LogP contribution in [-0.2, 0) is 18.6 Å². The van der Waals surface area contributed by atoms with Crippen molar-refractivity contribution in [3.63, 3.8) is 0 Å². The van der Waals surface area contributed by atoms with Crippen LogP contribution in [0.3, 0.4) is 0 Å². The van der Waals surface area contributed by atoms with Crippen molar-refractivity contribution in [2.45, 2.75) is 24.5 Å². The Kier molecular flexibility index (Phi) is 10.8. The Bertz CT molecular complexity index is 1240. The van der Waals surface area contributed by atoms with Gasteiger partial charge in [-0.2, -0.15) is 0 Å². The maximum absolute atomic E-state index is 12.9. The number of benzene rings is 1. The van der Waals surface area contributed by atoms with Gasteiger partial charge in [-0.3, -0.25) is 28.6 Å². The standard InChI is InChI=1S/C21H28Cl2N5O9P/c22-6-9-27(10-7-23)13-1-3-14(4-2-13)36-38(33,34)37-19-15(12-25-17(30)11-24)35-20(18(19)31)28-8-5-16(29)26-21(28)32/h1-5,8,15,18-20,31H,6-7,9-12,24H2,(H,25,30)(H,33,34)(H,26,29,32)/t15-,18-,19-,20-/m1/s1. The molecule has 2 aromatic rings. The second-order valence-electron chi connectivity index (χ2n) is 8.07. The van der Waals surface area contributed by atoms with E-state index in [9.17, 15) is 28.9 Å². The lowest BCUT2D eigenvalue weighted by molar-refractivity contribution is -0.120. The van der Waals surface area contributed by atoms with Crippen molar-refractivity contribution in [1.29, 1.82) is 0 Å². The molecule has 0 aliphatic carbocycles. The van der Waals surface area contributed by atoms with Gasteiger partial charge in [0, 0.05) is 49.3 Å². The molecule has 1 aliphatic rings. The molecular formula is C21H28Cl2N5O9P. The number of carbonyl (C=O) groups is 1. The smallest absolute Gasteiger partial charge is 0.404 e. The fourth-order valence-electron chi connectivity index (χ4n) is 3.76. The molecule has 5 atom stereocenters. The first-order chi connectivity index (χ1) is 18.1. The third-order valence-electron chi connectivity index (χ3n) is 5.51. The van der Waals surface area contributed by atoms with Gasteiger partial charge in [0.1, 0.15) is 24.1 Å². The highest BCUT2D eigenvalue weighted by molar-refractivity contribution is 7.47. The third-order valence-corrected chi connectivity index (χ3v) is 6.80. The summed E-state index contributed by atoms with van der Waals surface area (Å²) >= 11 is 11.7. The van der Waals surface area contributed by atoms with E-state index in [2.05, 4.69) is 5.32 Å². The molecule has 1 saturated heterocycles. The van der Waals surface area contributed by atoms with Crippen LogP contribution in [0.15, 0.2) is 46.1 Å². The second kappa shape index (κ2) is 13.6. The molecule has 0 saturated carbocycles. The largest absolute Gasteiger partial charge is 0.527 e. The third kappa shape index (κ3) is 7.80. The summed E-state index contributed by atoms with van der Waals surface area (Å²) in [5.41, 5.74) is 4.48. The van der Waals surface area contributed by atoms with Crippen LogP contribution in [0.2, 0.25) is 0 Å². The monoisotopic (exact) mass is 595 g/mol. The number of nitrogens with one attached hydrogen (secondary N) is 2. The summed E-state index contributed by atoms with van der Waals surface area (Å²) < 4.78 is 29.9. The molecular weight excluding hydrogens is 568 g/mol. The Morgan fingerprint density at radius 3 is 2.45 bits per heavy atom. The van der Waals surface area contributed by atoms with E-state index in [1.807, 2.05) is 9.88 Å². The summed E-state index contributed by atoms with van der Waals surface area (Å²) in [5.74, 6) is 0.179. The van der Waals surface area contributed by atoms with Crippen LogP contribution in [0.4, 0.5) is 5.69 Å². The van der Waals surface area contributed by atoms with Gasteiger partial charge in [-0.05, 0) is 24.3 Å². The highest BCUT2D eigenvalue weighted by atomic mass is 35.5. The number of nitrogens with two attached hydrogens (primary N) is 1. The predicted octanol–water partition coefficient (Wildman–Crippen LogP) is -0.282. The number of halogens is 2. The Morgan fingerprint density at radius 2 is 1.87 bits per heavy atom. The van der Waals surface area contributed by atoms with E-state index < -0.39 is 49.5 Å². The Morgan fingerprint density at radius 1 is 1.21 bits per heavy atom. The molecule has 1 amide bonds. The van der Waals surface area contributed by atoms with E-state index in [1.165, 1.54) is 12.1 Å². The first-order valence-electron chi connectivity index (χ1n) is 11.4. The lowest BCUT2D eigenvalue weighted by Crippen LogP contribution is -2.43. The summed E-state index contributed by atoms with van der Waals surface area (Å²) in [6.45, 7) is 0.459. The number of aromatic nitrogens is 2. The minimum Gasteiger partial charge on any atom is -0.404 e. The highest BCUT2D eigenvalue weighted by Crippen LogP contribution is 2.48. The molecule has 14 nitrogen and oxygen atoms in total. The zero-order valence-corrected chi connectivity index (χ0v) is 22.3. The summed E-state index contributed by atoms with van der Waals surface area (Å²) in [6, 6.07) is 7.21. The molecule has 0 radical (unpaired) electrons. The SMILES string of the molecule is NCC(=O)NC[C@H]1O[C@@H](n2ccc(=O)[nH]c2=O)[C@H](O)[C@@H]1OP(=O)(O)Oc1ccc(N(CCCl)CCCl)cc1. The first kappa shape index (κ1) is 30.1. The lowest BCUT2D eigenvalue weighted by atomic mass is 10.1. The zero-order valence-electron chi connectivity index (χ0n) is 19.9. The lowest BCUT2D eigenvalue weighted by Gasteiger charge is -2.24. The van der Waals surface area contributed by atoms with Gasteiger partial charge in [0.15, 0.2) is 6.23 Å². The molecule has 3 rings (SSSR count). The minimum absolute atomic E-state index is 0.00826. The molecule has 1 fully saturated rings. The molecule has 1 aromatic heterocycles. The number of anilines is 1. The molecule has 0 bridgehead atoms. The van der Waals surface area contributed by atoms with Gasteiger partial charge in [-0.15, -0.1) is 23.2 Å². The molecule has 38 heavy (non-hydrogen) atoms. The van der Waals surface area contributed by atoms with Gasteiger partial charge >= 0.3 is 13.5 Å². The summed E-state index contributed by atoms with van der Waals surface area (Å²) in [6.07, 6.45) is -4.74. The van der Waals surface area contributed by atoms with Crippen LogP contribution in [0.1, 0.15) is 6.23 Å². The Hall–Kier alpha value is -2.42. The van der Waals surface area contributed by atoms with Crippen LogP contribution >= 0.6 is 31.0 Å². The molecule has 0 spiro atoms. The van der Waals surface area contributed by atoms with Gasteiger partial charge < -0.3 is 30.3 Å². The number of phosphoric acid groups is 1. The number of aliphatic hydroxyl groups is 1. The van der Waals surface area contributed by atoms with E-state index in [0.29, 0.717) is 24.8 Å². The Labute approximate surface area is 226 Å². The van der Waals surface area contributed by atoms with E-state index in [4.69, 9.17) is 42.7 Å². The van der Waals surface area contributed by atoms with Crippen LogP contribution in [0.25, 0.3) is 0 Å². The van der Waals surface area contributed by atoms with Crippen molar-refractivity contribution < 1.29 is 33.1 Å². The average Bonchev–Trinajstić information content (AvgIpc) is 3.16. The zero-order chi connectivity index (χ0) is 27.9. The van der Waals surface area contributed by atoms with Gasteiger partial charge in [0.2, 0.25) is 5.91 Å². The summed E-state index contributed by atoms with van der Waals surface area (Å²) in [5, 5.41) is 13.3. The number of phosphoric ester groups is 1. The van der Waals surface area contributed by atoms with Gasteiger partial charge in [0.05, 0.1) is 6.54 Å². The predicted molar refractivity (Wildman–Crippen MR) is 139 cm³/mol. The van der Waals surface area contributed by atoms with Crippen LogP contribution in [0, 0.1) is 0 Å². The summed E-state index contributed by atoms with van der Waals surface area (Å²) in [7, 11) is -4.87. The highest BCUT2D eigenvalue weighted by Gasteiger charge is 2.49. The van der Waals surface area contributed by atoms with Gasteiger partial charge in [-0.25, -0.2) is 9.36 Å². The van der Waals surface area contributed by atoms with Crippen molar-refractivity contribution in [3.05, 3.63) is 57.4 Å². The van der Waals surface area contributed by atoms with Gasteiger partial charge in [-0.1, -0.05) is 0 Å². The number of aromatic amines is 1.